The van der Waals surface area contributed by atoms with Crippen molar-refractivity contribution in [1.29, 1.82) is 0 Å². The van der Waals surface area contributed by atoms with Crippen LogP contribution in [0.2, 0.25) is 0 Å². The van der Waals surface area contributed by atoms with Gasteiger partial charge in [-0.25, -0.2) is 13.6 Å². The van der Waals surface area contributed by atoms with Crippen LogP contribution in [0.5, 0.6) is 0 Å². The molecule has 1 heterocycles. The summed E-state index contributed by atoms with van der Waals surface area (Å²) in [6.07, 6.45) is 2.04. The van der Waals surface area contributed by atoms with E-state index in [9.17, 15) is 13.2 Å². The first kappa shape index (κ1) is 16.1. The van der Waals surface area contributed by atoms with Crippen LogP contribution in [0, 0.1) is 13.8 Å². The van der Waals surface area contributed by atoms with Gasteiger partial charge in [0.05, 0.1) is 5.75 Å². The van der Waals surface area contributed by atoms with Crippen molar-refractivity contribution >= 4 is 27.3 Å². The highest BCUT2D eigenvalue weighted by Gasteiger charge is 2.07. The van der Waals surface area contributed by atoms with Crippen LogP contribution in [0.25, 0.3) is 0 Å². The molecule has 3 N–H and O–H groups in total. The minimum absolute atomic E-state index is 0.0776. The number of hydrogen-bond donors (Lipinski definition) is 2. The van der Waals surface area contributed by atoms with Crippen molar-refractivity contribution in [2.45, 2.75) is 33.1 Å². The smallest absolute Gasteiger partial charge is 0.220 e. The van der Waals surface area contributed by atoms with E-state index in [-0.39, 0.29) is 18.2 Å². The maximum Gasteiger partial charge on any atom is 0.220 e. The fourth-order valence-corrected chi connectivity index (χ4v) is 3.15. The van der Waals surface area contributed by atoms with Crippen molar-refractivity contribution in [2.75, 3.05) is 12.3 Å². The Hall–Kier alpha value is -0.920. The number of aryl methyl sites for hydroxylation is 3. The molecule has 0 bridgehead atoms. The van der Waals surface area contributed by atoms with E-state index in [0.29, 0.717) is 6.42 Å². The van der Waals surface area contributed by atoms with E-state index in [1.165, 1.54) is 15.3 Å². The Balaban J connectivity index is 2.22. The molecule has 1 amide bonds. The van der Waals surface area contributed by atoms with Gasteiger partial charge in [0.1, 0.15) is 0 Å². The molecule has 0 aliphatic heterocycles. The molecule has 0 atom stereocenters. The van der Waals surface area contributed by atoms with E-state index < -0.39 is 10.0 Å². The average molecular weight is 304 g/mol. The third-order valence-electron chi connectivity index (χ3n) is 2.70. The third kappa shape index (κ3) is 6.70. The van der Waals surface area contributed by atoms with Gasteiger partial charge < -0.3 is 5.32 Å². The van der Waals surface area contributed by atoms with Gasteiger partial charge in [-0.05, 0) is 38.3 Å². The van der Waals surface area contributed by atoms with Gasteiger partial charge in [-0.15, -0.1) is 11.3 Å². The molecule has 108 valence electrons. The lowest BCUT2D eigenvalue weighted by molar-refractivity contribution is -0.121. The van der Waals surface area contributed by atoms with Gasteiger partial charge in [-0.2, -0.15) is 0 Å². The molecule has 7 heteroatoms. The lowest BCUT2D eigenvalue weighted by Crippen LogP contribution is -2.31. The summed E-state index contributed by atoms with van der Waals surface area (Å²) in [4.78, 5) is 14.0. The Morgan fingerprint density at radius 1 is 1.42 bits per heavy atom. The second-order valence-electron chi connectivity index (χ2n) is 4.51. The van der Waals surface area contributed by atoms with E-state index in [2.05, 4.69) is 25.2 Å². The Morgan fingerprint density at radius 2 is 2.11 bits per heavy atom. The first-order valence-electron chi connectivity index (χ1n) is 6.11. The van der Waals surface area contributed by atoms with E-state index in [4.69, 9.17) is 5.14 Å². The molecule has 1 rings (SSSR count). The molecule has 0 aliphatic rings. The number of hydrogen-bond acceptors (Lipinski definition) is 4. The second-order valence-corrected chi connectivity index (χ2v) is 7.70. The zero-order valence-corrected chi connectivity index (χ0v) is 12.9. The second kappa shape index (κ2) is 7.02. The number of sulfonamides is 1. The van der Waals surface area contributed by atoms with Crippen LogP contribution in [0.4, 0.5) is 0 Å². The molecule has 19 heavy (non-hydrogen) atoms. The topological polar surface area (TPSA) is 89.3 Å². The van der Waals surface area contributed by atoms with Crippen molar-refractivity contribution in [3.63, 3.8) is 0 Å². The van der Waals surface area contributed by atoms with E-state index in [1.807, 2.05) is 0 Å². The third-order valence-corrected chi connectivity index (χ3v) is 4.48. The molecule has 0 fully saturated rings. The molecule has 1 aromatic heterocycles. The van der Waals surface area contributed by atoms with Crippen LogP contribution in [-0.4, -0.2) is 26.6 Å². The van der Waals surface area contributed by atoms with Crippen molar-refractivity contribution in [3.8, 4) is 0 Å². The molecule has 0 saturated carbocycles. The number of thiophene rings is 1. The highest BCUT2D eigenvalue weighted by molar-refractivity contribution is 7.89. The summed E-state index contributed by atoms with van der Waals surface area (Å²) in [5, 5.41) is 7.39. The molecule has 5 nitrogen and oxygen atoms in total. The predicted octanol–water partition coefficient (Wildman–Crippen LogP) is 1.09. The molecule has 0 saturated heterocycles. The minimum atomic E-state index is -3.50. The summed E-state index contributed by atoms with van der Waals surface area (Å²) in [7, 11) is -3.50. The van der Waals surface area contributed by atoms with Gasteiger partial charge in [-0.3, -0.25) is 4.79 Å². The maximum atomic E-state index is 11.5. The number of amides is 1. The zero-order chi connectivity index (χ0) is 14.5. The molecule has 0 aromatic carbocycles. The Kier molecular flexibility index (Phi) is 5.96. The summed E-state index contributed by atoms with van der Waals surface area (Å²) in [5.41, 5.74) is 1.29. The van der Waals surface area contributed by atoms with Crippen molar-refractivity contribution in [3.05, 3.63) is 21.4 Å². The molecule has 1 aromatic rings. The normalized spacial score (nSPS) is 11.5. The van der Waals surface area contributed by atoms with Gasteiger partial charge in [0.2, 0.25) is 15.9 Å². The van der Waals surface area contributed by atoms with Crippen LogP contribution in [0.15, 0.2) is 6.07 Å². The van der Waals surface area contributed by atoms with E-state index >= 15 is 0 Å². The quantitative estimate of drug-likeness (QED) is 0.790. The number of rotatable bonds is 7. The van der Waals surface area contributed by atoms with Crippen molar-refractivity contribution in [1.82, 2.24) is 5.32 Å². The minimum Gasteiger partial charge on any atom is -0.355 e. The van der Waals surface area contributed by atoms with Gasteiger partial charge >= 0.3 is 0 Å². The van der Waals surface area contributed by atoms with E-state index in [1.54, 1.807) is 11.3 Å². The van der Waals surface area contributed by atoms with Gasteiger partial charge in [0.15, 0.2) is 0 Å². The summed E-state index contributed by atoms with van der Waals surface area (Å²) < 4.78 is 21.4. The molecule has 0 aliphatic carbocycles. The maximum absolute atomic E-state index is 11.5. The Bertz CT molecular complexity index is 535. The van der Waals surface area contributed by atoms with Crippen LogP contribution < -0.4 is 10.5 Å². The molecular formula is C12H20N2O3S2. The van der Waals surface area contributed by atoms with Crippen molar-refractivity contribution < 1.29 is 13.2 Å². The molecule has 0 radical (unpaired) electrons. The molecule has 0 unspecified atom stereocenters. The Labute approximate surface area is 118 Å². The largest absolute Gasteiger partial charge is 0.355 e. The molecule has 0 spiro atoms. The SMILES string of the molecule is Cc1cc(CCCC(=O)NCCS(N)(=O)=O)c(C)s1. The summed E-state index contributed by atoms with van der Waals surface area (Å²) in [5.74, 6) is -0.352. The molecular weight excluding hydrogens is 284 g/mol. The highest BCUT2D eigenvalue weighted by atomic mass is 32.2. The standard InChI is InChI=1S/C12H20N2O3S2/c1-9-8-11(10(2)18-9)4-3-5-12(15)14-6-7-19(13,16)17/h8H,3-7H2,1-2H3,(H,14,15)(H2,13,16,17). The number of nitrogens with two attached hydrogens (primary N) is 1. The van der Waals surface area contributed by atoms with Crippen LogP contribution in [-0.2, 0) is 21.2 Å². The van der Waals surface area contributed by atoms with Crippen LogP contribution in [0.3, 0.4) is 0 Å². The number of primary sulfonamides is 1. The van der Waals surface area contributed by atoms with Crippen LogP contribution in [0.1, 0.15) is 28.2 Å². The monoisotopic (exact) mass is 304 g/mol. The summed E-state index contributed by atoms with van der Waals surface area (Å²) in [6.45, 7) is 4.23. The van der Waals surface area contributed by atoms with Gasteiger partial charge in [0, 0.05) is 22.7 Å². The summed E-state index contributed by atoms with van der Waals surface area (Å²) >= 11 is 1.76. The highest BCUT2D eigenvalue weighted by Crippen LogP contribution is 2.21. The van der Waals surface area contributed by atoms with Gasteiger partial charge in [-0.1, -0.05) is 0 Å². The fourth-order valence-electron chi connectivity index (χ4n) is 1.79. The Morgan fingerprint density at radius 3 is 2.63 bits per heavy atom. The average Bonchev–Trinajstić information content (AvgIpc) is 2.55. The lowest BCUT2D eigenvalue weighted by Gasteiger charge is -2.04. The van der Waals surface area contributed by atoms with Crippen LogP contribution >= 0.6 is 11.3 Å². The first-order chi connectivity index (χ1) is 8.78. The zero-order valence-electron chi connectivity index (χ0n) is 11.2. The van der Waals surface area contributed by atoms with Gasteiger partial charge in [0.25, 0.3) is 0 Å². The fraction of sp³-hybridized carbons (Fsp3) is 0.583. The van der Waals surface area contributed by atoms with Crippen molar-refractivity contribution in [2.24, 2.45) is 5.14 Å². The number of nitrogens with one attached hydrogen (secondary N) is 1. The predicted molar refractivity (Wildman–Crippen MR) is 77.7 cm³/mol. The number of carbonyl (C=O) groups is 1. The summed E-state index contributed by atoms with van der Waals surface area (Å²) in [6, 6.07) is 2.15. The first-order valence-corrected chi connectivity index (χ1v) is 8.64. The lowest BCUT2D eigenvalue weighted by atomic mass is 10.1. The van der Waals surface area contributed by atoms with E-state index in [0.717, 1.165) is 12.8 Å². The number of carbonyl (C=O) groups excluding carboxylic acids is 1.